The Balaban J connectivity index is 4.41. The van der Waals surface area contributed by atoms with Crippen LogP contribution in [0.3, 0.4) is 0 Å². The molecule has 0 aromatic heterocycles. The summed E-state index contributed by atoms with van der Waals surface area (Å²) in [5.41, 5.74) is 0.0217. The number of carbonyl (C=O) groups is 2. The van der Waals surface area contributed by atoms with Gasteiger partial charge in [-0.15, -0.1) is 0 Å². The Morgan fingerprint density at radius 3 is 2.38 bits per heavy atom. The Morgan fingerprint density at radius 2 is 2.08 bits per heavy atom. The second-order valence-corrected chi connectivity index (χ2v) is 2.37. The number of aliphatic hydroxyl groups is 1. The molecule has 5 heteroatoms. The lowest BCUT2D eigenvalue weighted by Crippen LogP contribution is -2.16. The molecule has 0 radical (unpaired) electrons. The van der Waals surface area contributed by atoms with Crippen LogP contribution in [-0.2, 0) is 14.3 Å². The highest BCUT2D eigenvalue weighted by Crippen LogP contribution is 2.04. The van der Waals surface area contributed by atoms with E-state index in [0.29, 0.717) is 0 Å². The molecular weight excluding hydrogens is 176 g/mol. The second kappa shape index (κ2) is 5.31. The minimum atomic E-state index is -1.23. The van der Waals surface area contributed by atoms with Gasteiger partial charge in [-0.1, -0.05) is 6.92 Å². The number of hydrogen-bond acceptors (Lipinski definition) is 4. The number of carboxylic acids is 1. The molecule has 1 unspecified atom stereocenters. The molecule has 74 valence electrons. The Labute approximate surface area is 75.6 Å². The number of rotatable bonds is 4. The quantitative estimate of drug-likeness (QED) is 0.376. The van der Waals surface area contributed by atoms with E-state index in [1.807, 2.05) is 0 Å². The van der Waals surface area contributed by atoms with Crippen molar-refractivity contribution in [2.45, 2.75) is 26.6 Å². The molecule has 0 aromatic rings. The fourth-order valence-electron chi connectivity index (χ4n) is 0.685. The van der Waals surface area contributed by atoms with Gasteiger partial charge in [0.15, 0.2) is 6.29 Å². The van der Waals surface area contributed by atoms with Crippen LogP contribution in [0.2, 0.25) is 0 Å². The van der Waals surface area contributed by atoms with Gasteiger partial charge in [-0.25, -0.2) is 9.59 Å². The molecule has 1 atom stereocenters. The van der Waals surface area contributed by atoms with E-state index in [4.69, 9.17) is 10.2 Å². The molecule has 2 N–H and O–H groups in total. The standard InChI is InChI=1S/C8H12O5/c1-3-6(4-7(10)11)8(12)13-5(2)9/h4-5,9H,3H2,1-2H3,(H,10,11). The zero-order chi connectivity index (χ0) is 10.4. The number of aliphatic carboxylic acids is 1. The van der Waals surface area contributed by atoms with Crippen LogP contribution in [0.1, 0.15) is 20.3 Å². The van der Waals surface area contributed by atoms with E-state index in [9.17, 15) is 9.59 Å². The van der Waals surface area contributed by atoms with Crippen LogP contribution in [0.25, 0.3) is 0 Å². The summed E-state index contributed by atoms with van der Waals surface area (Å²) in [6, 6.07) is 0. The van der Waals surface area contributed by atoms with E-state index in [1.54, 1.807) is 6.92 Å². The van der Waals surface area contributed by atoms with Crippen molar-refractivity contribution in [1.82, 2.24) is 0 Å². The largest absolute Gasteiger partial charge is 0.478 e. The monoisotopic (exact) mass is 188 g/mol. The molecular formula is C8H12O5. The molecule has 0 heterocycles. The zero-order valence-corrected chi connectivity index (χ0v) is 7.48. The summed E-state index contributed by atoms with van der Waals surface area (Å²) in [7, 11) is 0. The molecule has 0 aliphatic carbocycles. The number of esters is 1. The predicted molar refractivity (Wildman–Crippen MR) is 43.8 cm³/mol. The maximum Gasteiger partial charge on any atom is 0.336 e. The SMILES string of the molecule is CCC(=CC(=O)O)C(=O)OC(C)O. The van der Waals surface area contributed by atoms with Crippen LogP contribution in [0, 0.1) is 0 Å². The molecule has 0 amide bonds. The van der Waals surface area contributed by atoms with Gasteiger partial charge in [0.25, 0.3) is 0 Å². The van der Waals surface area contributed by atoms with Crippen molar-refractivity contribution in [2.75, 3.05) is 0 Å². The van der Waals surface area contributed by atoms with Crippen molar-refractivity contribution in [1.29, 1.82) is 0 Å². The van der Waals surface area contributed by atoms with Gasteiger partial charge >= 0.3 is 11.9 Å². The van der Waals surface area contributed by atoms with Gasteiger partial charge in [0.2, 0.25) is 0 Å². The predicted octanol–water partition coefficient (Wildman–Crippen LogP) is 0.289. The van der Waals surface area contributed by atoms with Crippen molar-refractivity contribution >= 4 is 11.9 Å². The molecule has 0 aliphatic heterocycles. The summed E-state index contributed by atoms with van der Waals surface area (Å²) < 4.78 is 4.39. The highest BCUT2D eigenvalue weighted by atomic mass is 16.6. The minimum Gasteiger partial charge on any atom is -0.478 e. The fraction of sp³-hybridized carbons (Fsp3) is 0.500. The van der Waals surface area contributed by atoms with Crippen LogP contribution in [0.5, 0.6) is 0 Å². The summed E-state index contributed by atoms with van der Waals surface area (Å²) in [6.07, 6.45) is -0.209. The molecule has 0 rings (SSSR count). The number of aliphatic hydroxyl groups excluding tert-OH is 1. The first-order chi connectivity index (χ1) is 5.97. The lowest BCUT2D eigenvalue weighted by Gasteiger charge is -2.07. The lowest BCUT2D eigenvalue weighted by atomic mass is 10.2. The topological polar surface area (TPSA) is 83.8 Å². The molecule has 0 aliphatic rings. The van der Waals surface area contributed by atoms with Gasteiger partial charge in [-0.05, 0) is 13.3 Å². The lowest BCUT2D eigenvalue weighted by molar-refractivity contribution is -0.160. The summed E-state index contributed by atoms with van der Waals surface area (Å²) in [4.78, 5) is 21.2. The zero-order valence-electron chi connectivity index (χ0n) is 7.48. The summed E-state index contributed by atoms with van der Waals surface area (Å²) in [5.74, 6) is -2.01. The molecule has 5 nitrogen and oxygen atoms in total. The molecule has 0 fully saturated rings. The van der Waals surface area contributed by atoms with Crippen molar-refractivity contribution in [3.05, 3.63) is 11.6 Å². The van der Waals surface area contributed by atoms with Gasteiger partial charge in [0.1, 0.15) is 0 Å². The van der Waals surface area contributed by atoms with E-state index in [2.05, 4.69) is 4.74 Å². The minimum absolute atomic E-state index is 0.0217. The van der Waals surface area contributed by atoms with Crippen molar-refractivity contribution in [3.8, 4) is 0 Å². The van der Waals surface area contributed by atoms with Gasteiger partial charge in [0.05, 0.1) is 0 Å². The van der Waals surface area contributed by atoms with Crippen LogP contribution in [0.15, 0.2) is 11.6 Å². The molecule has 0 spiro atoms. The van der Waals surface area contributed by atoms with Gasteiger partial charge < -0.3 is 14.9 Å². The van der Waals surface area contributed by atoms with E-state index >= 15 is 0 Å². The van der Waals surface area contributed by atoms with Gasteiger partial charge in [-0.3, -0.25) is 0 Å². The van der Waals surface area contributed by atoms with Crippen LogP contribution >= 0.6 is 0 Å². The van der Waals surface area contributed by atoms with Crippen LogP contribution < -0.4 is 0 Å². The maximum atomic E-state index is 11.0. The van der Waals surface area contributed by atoms with E-state index in [1.165, 1.54) is 6.92 Å². The van der Waals surface area contributed by atoms with Gasteiger partial charge in [-0.2, -0.15) is 0 Å². The number of hydrogen-bond donors (Lipinski definition) is 2. The average Bonchev–Trinajstić information content (AvgIpc) is 1.98. The third kappa shape index (κ3) is 4.97. The Bertz CT molecular complexity index is 229. The Morgan fingerprint density at radius 1 is 1.54 bits per heavy atom. The van der Waals surface area contributed by atoms with Crippen molar-refractivity contribution in [2.24, 2.45) is 0 Å². The van der Waals surface area contributed by atoms with Crippen LogP contribution in [-0.4, -0.2) is 28.4 Å². The number of ether oxygens (including phenoxy) is 1. The van der Waals surface area contributed by atoms with E-state index in [0.717, 1.165) is 6.08 Å². The third-order valence-electron chi connectivity index (χ3n) is 1.22. The van der Waals surface area contributed by atoms with Crippen LogP contribution in [0.4, 0.5) is 0 Å². The average molecular weight is 188 g/mol. The van der Waals surface area contributed by atoms with E-state index in [-0.39, 0.29) is 12.0 Å². The first-order valence-electron chi connectivity index (χ1n) is 3.80. The van der Waals surface area contributed by atoms with Crippen molar-refractivity contribution in [3.63, 3.8) is 0 Å². The third-order valence-corrected chi connectivity index (χ3v) is 1.22. The Hall–Kier alpha value is -1.36. The van der Waals surface area contributed by atoms with Gasteiger partial charge in [0, 0.05) is 11.6 Å². The highest BCUT2D eigenvalue weighted by molar-refractivity contribution is 5.95. The molecule has 0 saturated heterocycles. The smallest absolute Gasteiger partial charge is 0.336 e. The first kappa shape index (κ1) is 11.6. The number of carboxylic acid groups (broad SMARTS) is 1. The summed E-state index contributed by atoms with van der Waals surface area (Å²) >= 11 is 0. The number of carbonyl (C=O) groups excluding carboxylic acids is 1. The summed E-state index contributed by atoms with van der Waals surface area (Å²) in [6.45, 7) is 2.89. The molecule has 0 aromatic carbocycles. The Kier molecular flexibility index (Phi) is 4.76. The van der Waals surface area contributed by atoms with E-state index < -0.39 is 18.2 Å². The molecule has 0 bridgehead atoms. The first-order valence-corrected chi connectivity index (χ1v) is 3.80. The molecule has 13 heavy (non-hydrogen) atoms. The summed E-state index contributed by atoms with van der Waals surface area (Å²) in [5, 5.41) is 17.0. The maximum absolute atomic E-state index is 11.0. The normalized spacial score (nSPS) is 13.6. The van der Waals surface area contributed by atoms with Crippen molar-refractivity contribution < 1.29 is 24.5 Å². The molecule has 0 saturated carbocycles. The highest BCUT2D eigenvalue weighted by Gasteiger charge is 2.12. The second-order valence-electron chi connectivity index (χ2n) is 2.37. The fourth-order valence-corrected chi connectivity index (χ4v) is 0.685.